The van der Waals surface area contributed by atoms with Gasteiger partial charge in [-0.05, 0) is 64.6 Å². The van der Waals surface area contributed by atoms with E-state index in [0.717, 1.165) is 27.8 Å². The maximum Gasteiger partial charge on any atom is 0.253 e. The fraction of sp³-hybridized carbons (Fsp3) is 0.231. The maximum atomic E-state index is 13.0. The summed E-state index contributed by atoms with van der Waals surface area (Å²) in [5.41, 5.74) is 11.8. The topological polar surface area (TPSA) is 66.6 Å². The minimum absolute atomic E-state index is 0.0374. The summed E-state index contributed by atoms with van der Waals surface area (Å²) >= 11 is 12.2. The third kappa shape index (κ3) is 5.06. The first-order chi connectivity index (χ1) is 15.7. The molecule has 5 nitrogen and oxygen atoms in total. The molecule has 7 heteroatoms. The van der Waals surface area contributed by atoms with Crippen molar-refractivity contribution in [2.24, 2.45) is 5.73 Å². The van der Waals surface area contributed by atoms with Crippen LogP contribution in [0.25, 0.3) is 11.1 Å². The van der Waals surface area contributed by atoms with Crippen LogP contribution >= 0.6 is 23.2 Å². The second-order valence-electron chi connectivity index (χ2n) is 8.50. The largest absolute Gasteiger partial charge is 0.345 e. The van der Waals surface area contributed by atoms with E-state index in [1.807, 2.05) is 36.4 Å². The Morgan fingerprint density at radius 3 is 2.42 bits per heavy atom. The van der Waals surface area contributed by atoms with E-state index in [2.05, 4.69) is 6.07 Å². The summed E-state index contributed by atoms with van der Waals surface area (Å²) in [6.07, 6.45) is 0.347. The molecular formula is C26H25Cl2N3O2. The number of nitrogens with two attached hydrogens (primary N) is 1. The molecule has 0 fully saturated rings. The Bertz CT molecular complexity index is 1230. The van der Waals surface area contributed by atoms with E-state index >= 15 is 0 Å². The Balaban J connectivity index is 1.48. The highest BCUT2D eigenvalue weighted by Crippen LogP contribution is 2.30. The Morgan fingerprint density at radius 2 is 1.70 bits per heavy atom. The zero-order chi connectivity index (χ0) is 23.7. The van der Waals surface area contributed by atoms with Gasteiger partial charge in [0.25, 0.3) is 5.91 Å². The standard InChI is InChI=1S/C26H25Cl2N3O2/c1-30(2)25(32)19-5-3-4-16(10-19)17-6-7-20-14-31(15-21(20)11-17)26(33)24(29)12-18-8-9-22(27)13-23(18)28/h3-11,13,24H,12,14-15,29H2,1-2H3/t24-/m1/s1. The van der Waals surface area contributed by atoms with Gasteiger partial charge in [-0.2, -0.15) is 0 Å². The number of carbonyl (C=O) groups is 2. The highest BCUT2D eigenvalue weighted by Gasteiger charge is 2.28. The van der Waals surface area contributed by atoms with Crippen molar-refractivity contribution in [1.29, 1.82) is 0 Å². The molecule has 0 aromatic heterocycles. The molecule has 0 bridgehead atoms. The second-order valence-corrected chi connectivity index (χ2v) is 9.35. The van der Waals surface area contributed by atoms with Gasteiger partial charge >= 0.3 is 0 Å². The van der Waals surface area contributed by atoms with Gasteiger partial charge < -0.3 is 15.5 Å². The van der Waals surface area contributed by atoms with Gasteiger partial charge in [-0.15, -0.1) is 0 Å². The molecule has 1 atom stereocenters. The lowest BCUT2D eigenvalue weighted by atomic mass is 9.99. The second kappa shape index (κ2) is 9.56. The Kier molecular flexibility index (Phi) is 6.75. The first kappa shape index (κ1) is 23.3. The monoisotopic (exact) mass is 481 g/mol. The number of amides is 2. The average Bonchev–Trinajstić information content (AvgIpc) is 3.23. The molecule has 0 spiro atoms. The molecule has 3 aromatic rings. The van der Waals surface area contributed by atoms with E-state index in [1.54, 1.807) is 42.1 Å². The maximum absolute atomic E-state index is 13.0. The zero-order valence-corrected chi connectivity index (χ0v) is 20.0. The summed E-state index contributed by atoms with van der Waals surface area (Å²) in [6.45, 7) is 1.02. The predicted octanol–water partition coefficient (Wildman–Crippen LogP) is 4.77. The summed E-state index contributed by atoms with van der Waals surface area (Å²) in [5, 5.41) is 1.06. The third-order valence-electron chi connectivity index (χ3n) is 5.86. The molecule has 1 aliphatic heterocycles. The smallest absolute Gasteiger partial charge is 0.253 e. The molecule has 3 aromatic carbocycles. The molecule has 0 unspecified atom stereocenters. The lowest BCUT2D eigenvalue weighted by Crippen LogP contribution is -2.42. The van der Waals surface area contributed by atoms with E-state index in [0.29, 0.717) is 35.1 Å². The Morgan fingerprint density at radius 1 is 0.970 bits per heavy atom. The van der Waals surface area contributed by atoms with Crippen molar-refractivity contribution in [1.82, 2.24) is 9.80 Å². The Labute approximate surface area is 203 Å². The fourth-order valence-electron chi connectivity index (χ4n) is 4.07. The SMILES string of the molecule is CN(C)C(=O)c1cccc(-c2ccc3c(c2)CN(C(=O)[C@H](N)Cc2ccc(Cl)cc2Cl)C3)c1. The lowest BCUT2D eigenvalue weighted by Gasteiger charge is -2.20. The van der Waals surface area contributed by atoms with Gasteiger partial charge in [0, 0.05) is 42.8 Å². The number of benzene rings is 3. The molecule has 1 aliphatic rings. The molecule has 0 radical (unpaired) electrons. The molecule has 33 heavy (non-hydrogen) atoms. The van der Waals surface area contributed by atoms with Crippen molar-refractivity contribution in [2.75, 3.05) is 14.1 Å². The van der Waals surface area contributed by atoms with E-state index in [1.165, 1.54) is 0 Å². The number of nitrogens with zero attached hydrogens (tertiary/aromatic N) is 2. The van der Waals surface area contributed by atoms with Crippen LogP contribution in [-0.4, -0.2) is 41.8 Å². The number of hydrogen-bond acceptors (Lipinski definition) is 3. The molecule has 0 aliphatic carbocycles. The number of carbonyl (C=O) groups excluding carboxylic acids is 2. The minimum atomic E-state index is -0.689. The molecule has 0 saturated carbocycles. The highest BCUT2D eigenvalue weighted by molar-refractivity contribution is 6.35. The predicted molar refractivity (Wildman–Crippen MR) is 132 cm³/mol. The van der Waals surface area contributed by atoms with Crippen LogP contribution in [-0.2, 0) is 24.3 Å². The van der Waals surface area contributed by atoms with Gasteiger partial charge in [0.1, 0.15) is 0 Å². The quantitative estimate of drug-likeness (QED) is 0.570. The zero-order valence-electron chi connectivity index (χ0n) is 18.5. The summed E-state index contributed by atoms with van der Waals surface area (Å²) in [4.78, 5) is 28.7. The van der Waals surface area contributed by atoms with E-state index in [9.17, 15) is 9.59 Å². The van der Waals surface area contributed by atoms with Gasteiger partial charge in [0.2, 0.25) is 5.91 Å². The highest BCUT2D eigenvalue weighted by atomic mass is 35.5. The number of rotatable bonds is 5. The Hall–Kier alpha value is -2.86. The summed E-state index contributed by atoms with van der Waals surface area (Å²) in [6, 6.07) is 18.3. The average molecular weight is 482 g/mol. The van der Waals surface area contributed by atoms with Crippen molar-refractivity contribution in [2.45, 2.75) is 25.6 Å². The molecule has 170 valence electrons. The summed E-state index contributed by atoms with van der Waals surface area (Å²) in [5.74, 6) is -0.151. The summed E-state index contributed by atoms with van der Waals surface area (Å²) < 4.78 is 0. The number of fused-ring (bicyclic) bond motifs is 1. The fourth-order valence-corrected chi connectivity index (χ4v) is 4.55. The molecule has 0 saturated heterocycles. The van der Waals surface area contributed by atoms with Gasteiger partial charge in [-0.1, -0.05) is 53.5 Å². The van der Waals surface area contributed by atoms with E-state index < -0.39 is 6.04 Å². The van der Waals surface area contributed by atoms with Crippen LogP contribution in [0.2, 0.25) is 10.0 Å². The van der Waals surface area contributed by atoms with Crippen LogP contribution in [0.1, 0.15) is 27.0 Å². The van der Waals surface area contributed by atoms with Crippen LogP contribution in [0.15, 0.2) is 60.7 Å². The number of hydrogen-bond donors (Lipinski definition) is 1. The van der Waals surface area contributed by atoms with E-state index in [4.69, 9.17) is 28.9 Å². The van der Waals surface area contributed by atoms with Gasteiger partial charge in [0.15, 0.2) is 0 Å². The van der Waals surface area contributed by atoms with Gasteiger partial charge in [0.05, 0.1) is 6.04 Å². The molecule has 4 rings (SSSR count). The van der Waals surface area contributed by atoms with Gasteiger partial charge in [-0.3, -0.25) is 9.59 Å². The molecule has 2 N–H and O–H groups in total. The van der Waals surface area contributed by atoms with Crippen LogP contribution in [0.3, 0.4) is 0 Å². The van der Waals surface area contributed by atoms with Crippen molar-refractivity contribution < 1.29 is 9.59 Å². The van der Waals surface area contributed by atoms with Crippen molar-refractivity contribution in [3.63, 3.8) is 0 Å². The normalized spacial score (nSPS) is 13.5. The van der Waals surface area contributed by atoms with Crippen LogP contribution < -0.4 is 5.73 Å². The third-order valence-corrected chi connectivity index (χ3v) is 6.45. The number of halogens is 2. The molecule has 2 amide bonds. The molecule has 1 heterocycles. The van der Waals surface area contributed by atoms with Crippen LogP contribution in [0.5, 0.6) is 0 Å². The van der Waals surface area contributed by atoms with Crippen LogP contribution in [0.4, 0.5) is 0 Å². The summed E-state index contributed by atoms with van der Waals surface area (Å²) in [7, 11) is 3.48. The van der Waals surface area contributed by atoms with E-state index in [-0.39, 0.29) is 11.8 Å². The minimum Gasteiger partial charge on any atom is -0.345 e. The first-order valence-electron chi connectivity index (χ1n) is 10.6. The lowest BCUT2D eigenvalue weighted by molar-refractivity contribution is -0.133. The molecular weight excluding hydrogens is 457 g/mol. The van der Waals surface area contributed by atoms with Crippen molar-refractivity contribution in [3.05, 3.63) is 93.0 Å². The van der Waals surface area contributed by atoms with Crippen molar-refractivity contribution in [3.8, 4) is 11.1 Å². The van der Waals surface area contributed by atoms with Gasteiger partial charge in [-0.25, -0.2) is 0 Å². The van der Waals surface area contributed by atoms with Crippen molar-refractivity contribution >= 4 is 35.0 Å². The first-order valence-corrected chi connectivity index (χ1v) is 11.4. The van der Waals surface area contributed by atoms with Crippen LogP contribution in [0, 0.1) is 0 Å².